The molecule has 1 aliphatic heterocycles. The minimum atomic E-state index is -3.03. The van der Waals surface area contributed by atoms with Gasteiger partial charge in [-0.1, -0.05) is 34.1 Å². The minimum absolute atomic E-state index is 0.0374. The smallest absolute Gasteiger partial charge is 0.242 e. The van der Waals surface area contributed by atoms with Crippen molar-refractivity contribution in [2.75, 3.05) is 24.6 Å². The molecule has 0 aromatic rings. The minimum Gasteiger partial charge on any atom is -0.347 e. The first-order valence-corrected chi connectivity index (χ1v) is 9.67. The van der Waals surface area contributed by atoms with Gasteiger partial charge in [0.25, 0.3) is 0 Å². The Balaban J connectivity index is 2.67. The van der Waals surface area contributed by atoms with Gasteiger partial charge in [-0.2, -0.15) is 0 Å². The first-order chi connectivity index (χ1) is 10.1. The lowest BCUT2D eigenvalue weighted by Gasteiger charge is -2.29. The predicted octanol–water partition coefficient (Wildman–Crippen LogP) is 0.965. The molecule has 1 heterocycles. The van der Waals surface area contributed by atoms with E-state index in [1.54, 1.807) is 25.7 Å². The molecule has 1 N–H and O–H groups in total. The van der Waals surface area contributed by atoms with E-state index in [0.717, 1.165) is 12.8 Å². The van der Waals surface area contributed by atoms with Gasteiger partial charge in [-0.25, -0.2) is 8.42 Å². The second-order valence-electron chi connectivity index (χ2n) is 6.93. The maximum absolute atomic E-state index is 12.4. The molecule has 0 aromatic carbocycles. The summed E-state index contributed by atoms with van der Waals surface area (Å²) in [5, 5.41) is 2.64. The van der Waals surface area contributed by atoms with E-state index in [9.17, 15) is 18.0 Å². The van der Waals surface area contributed by atoms with Gasteiger partial charge in [0.1, 0.15) is 0 Å². The van der Waals surface area contributed by atoms with E-state index in [1.807, 2.05) is 6.92 Å². The van der Waals surface area contributed by atoms with Gasteiger partial charge in [0.15, 0.2) is 9.84 Å². The van der Waals surface area contributed by atoms with Crippen LogP contribution in [0.25, 0.3) is 0 Å². The van der Waals surface area contributed by atoms with E-state index in [0.29, 0.717) is 13.0 Å². The molecular formula is C15H28N2O4S. The van der Waals surface area contributed by atoms with Crippen LogP contribution in [0.2, 0.25) is 0 Å². The molecule has 7 heteroatoms. The van der Waals surface area contributed by atoms with Gasteiger partial charge in [0, 0.05) is 18.0 Å². The Morgan fingerprint density at radius 2 is 1.91 bits per heavy atom. The Morgan fingerprint density at radius 3 is 2.36 bits per heavy atom. The Hall–Kier alpha value is -1.11. The summed E-state index contributed by atoms with van der Waals surface area (Å²) in [6.07, 6.45) is 2.25. The van der Waals surface area contributed by atoms with Crippen LogP contribution in [0.15, 0.2) is 0 Å². The highest BCUT2D eigenvalue weighted by Gasteiger charge is 2.34. The SMILES string of the molecule is CCCCN(C(=O)CNC(=O)C(C)(C)C)C1CCS(=O)(=O)C1. The molecule has 2 amide bonds. The van der Waals surface area contributed by atoms with Crippen molar-refractivity contribution in [1.82, 2.24) is 10.2 Å². The second kappa shape index (κ2) is 7.44. The lowest BCUT2D eigenvalue weighted by Crippen LogP contribution is -2.48. The van der Waals surface area contributed by atoms with Crippen LogP contribution < -0.4 is 5.32 Å². The standard InChI is InChI=1S/C15H28N2O4S/c1-5-6-8-17(12-7-9-22(20,21)11-12)13(18)10-16-14(19)15(2,3)4/h12H,5-11H2,1-4H3,(H,16,19). The summed E-state index contributed by atoms with van der Waals surface area (Å²) >= 11 is 0. The van der Waals surface area contributed by atoms with Crippen LogP contribution in [-0.2, 0) is 19.4 Å². The monoisotopic (exact) mass is 332 g/mol. The highest BCUT2D eigenvalue weighted by Crippen LogP contribution is 2.19. The van der Waals surface area contributed by atoms with Crippen LogP contribution in [0.4, 0.5) is 0 Å². The molecule has 1 unspecified atom stereocenters. The number of hydrogen-bond donors (Lipinski definition) is 1. The van der Waals surface area contributed by atoms with Crippen molar-refractivity contribution in [2.45, 2.75) is 53.0 Å². The number of hydrogen-bond acceptors (Lipinski definition) is 4. The normalized spacial score (nSPS) is 20.6. The van der Waals surface area contributed by atoms with Gasteiger partial charge < -0.3 is 10.2 Å². The molecule has 1 rings (SSSR count). The van der Waals surface area contributed by atoms with Crippen molar-refractivity contribution in [1.29, 1.82) is 0 Å². The molecule has 1 saturated heterocycles. The largest absolute Gasteiger partial charge is 0.347 e. The highest BCUT2D eigenvalue weighted by atomic mass is 32.2. The molecule has 1 fully saturated rings. The van der Waals surface area contributed by atoms with Crippen LogP contribution >= 0.6 is 0 Å². The maximum Gasteiger partial charge on any atom is 0.242 e. The van der Waals surface area contributed by atoms with Crippen molar-refractivity contribution in [3.05, 3.63) is 0 Å². The molecule has 22 heavy (non-hydrogen) atoms. The van der Waals surface area contributed by atoms with Crippen LogP contribution in [0.1, 0.15) is 47.0 Å². The van der Waals surface area contributed by atoms with E-state index in [4.69, 9.17) is 0 Å². The molecule has 0 radical (unpaired) electrons. The van der Waals surface area contributed by atoms with Crippen molar-refractivity contribution in [2.24, 2.45) is 5.41 Å². The van der Waals surface area contributed by atoms with Crippen molar-refractivity contribution in [3.8, 4) is 0 Å². The first kappa shape index (κ1) is 18.9. The number of unbranched alkanes of at least 4 members (excludes halogenated alkanes) is 1. The molecular weight excluding hydrogens is 304 g/mol. The summed E-state index contributed by atoms with van der Waals surface area (Å²) in [6, 6.07) is -0.254. The number of rotatable bonds is 6. The van der Waals surface area contributed by atoms with E-state index in [2.05, 4.69) is 5.32 Å². The van der Waals surface area contributed by atoms with E-state index < -0.39 is 15.3 Å². The number of carbonyl (C=O) groups is 2. The molecule has 0 saturated carbocycles. The number of nitrogens with one attached hydrogen (secondary N) is 1. The summed E-state index contributed by atoms with van der Waals surface area (Å²) in [7, 11) is -3.03. The van der Waals surface area contributed by atoms with Gasteiger partial charge in [-0.05, 0) is 12.8 Å². The molecule has 1 atom stereocenters. The summed E-state index contributed by atoms with van der Waals surface area (Å²) < 4.78 is 23.3. The van der Waals surface area contributed by atoms with Gasteiger partial charge in [-0.3, -0.25) is 9.59 Å². The number of amides is 2. The Labute approximate surface area is 133 Å². The highest BCUT2D eigenvalue weighted by molar-refractivity contribution is 7.91. The maximum atomic E-state index is 12.4. The predicted molar refractivity (Wildman–Crippen MR) is 86.1 cm³/mol. The Morgan fingerprint density at radius 1 is 1.27 bits per heavy atom. The average Bonchev–Trinajstić information content (AvgIpc) is 2.75. The fourth-order valence-corrected chi connectivity index (χ4v) is 4.11. The molecule has 128 valence electrons. The molecule has 1 aliphatic rings. The van der Waals surface area contributed by atoms with E-state index in [-0.39, 0.29) is 35.9 Å². The zero-order valence-electron chi connectivity index (χ0n) is 14.0. The third-order valence-electron chi connectivity index (χ3n) is 3.80. The van der Waals surface area contributed by atoms with Crippen molar-refractivity contribution < 1.29 is 18.0 Å². The van der Waals surface area contributed by atoms with Gasteiger partial charge in [0.2, 0.25) is 11.8 Å². The molecule has 6 nitrogen and oxygen atoms in total. The first-order valence-electron chi connectivity index (χ1n) is 7.85. The quantitative estimate of drug-likeness (QED) is 0.785. The zero-order valence-corrected chi connectivity index (χ0v) is 14.8. The van der Waals surface area contributed by atoms with Gasteiger partial charge in [-0.15, -0.1) is 0 Å². The number of sulfone groups is 1. The van der Waals surface area contributed by atoms with E-state index in [1.165, 1.54) is 0 Å². The van der Waals surface area contributed by atoms with Crippen LogP contribution in [0, 0.1) is 5.41 Å². The van der Waals surface area contributed by atoms with Crippen LogP contribution in [0.5, 0.6) is 0 Å². The molecule has 0 aromatic heterocycles. The second-order valence-corrected chi connectivity index (χ2v) is 9.16. The molecule has 0 bridgehead atoms. The Kier molecular flexibility index (Phi) is 6.40. The van der Waals surface area contributed by atoms with Gasteiger partial charge >= 0.3 is 0 Å². The molecule has 0 aliphatic carbocycles. The zero-order chi connectivity index (χ0) is 17.0. The lowest BCUT2D eigenvalue weighted by molar-refractivity contribution is -0.136. The third-order valence-corrected chi connectivity index (χ3v) is 5.55. The van der Waals surface area contributed by atoms with Crippen LogP contribution in [0.3, 0.4) is 0 Å². The summed E-state index contributed by atoms with van der Waals surface area (Å²) in [5.74, 6) is -0.207. The Bertz CT molecular complexity index is 508. The number of carbonyl (C=O) groups excluding carboxylic acids is 2. The third kappa shape index (κ3) is 5.59. The van der Waals surface area contributed by atoms with Gasteiger partial charge in [0.05, 0.1) is 18.1 Å². The topological polar surface area (TPSA) is 83.6 Å². The number of nitrogens with zero attached hydrogens (tertiary/aromatic N) is 1. The van der Waals surface area contributed by atoms with Crippen molar-refractivity contribution in [3.63, 3.8) is 0 Å². The summed E-state index contributed by atoms with van der Waals surface area (Å²) in [4.78, 5) is 25.9. The average molecular weight is 332 g/mol. The fraction of sp³-hybridized carbons (Fsp3) is 0.867. The van der Waals surface area contributed by atoms with Crippen LogP contribution in [-0.4, -0.2) is 55.8 Å². The lowest BCUT2D eigenvalue weighted by atomic mass is 9.96. The van der Waals surface area contributed by atoms with E-state index >= 15 is 0 Å². The summed E-state index contributed by atoms with van der Waals surface area (Å²) in [5.41, 5.74) is -0.550. The summed E-state index contributed by atoms with van der Waals surface area (Å²) in [6.45, 7) is 7.84. The molecule has 0 spiro atoms. The van der Waals surface area contributed by atoms with Crippen molar-refractivity contribution >= 4 is 21.7 Å². The fourth-order valence-electron chi connectivity index (χ4n) is 2.38.